The van der Waals surface area contributed by atoms with Gasteiger partial charge in [0.25, 0.3) is 5.91 Å². The summed E-state index contributed by atoms with van der Waals surface area (Å²) in [5.41, 5.74) is 4.22. The summed E-state index contributed by atoms with van der Waals surface area (Å²) >= 11 is 0. The standard InChI is InChI=1S/C26H30N4O3/c1-18-15-19(9-10-24(18)33-3)16-25(31)30-13-11-20(12-14-30)22-17-23(28-27-22)26(32)29(2)21-7-5-4-6-8-21/h4-10,15,17,20H,11-14,16H2,1-3H3,(H,27,28). The number of anilines is 1. The molecule has 7 nitrogen and oxygen atoms in total. The van der Waals surface area contributed by atoms with E-state index in [0.29, 0.717) is 25.2 Å². The summed E-state index contributed by atoms with van der Waals surface area (Å²) in [6.45, 7) is 3.38. The van der Waals surface area contributed by atoms with Gasteiger partial charge in [0.1, 0.15) is 5.75 Å². The lowest BCUT2D eigenvalue weighted by molar-refractivity contribution is -0.131. The Hall–Kier alpha value is -3.61. The zero-order valence-corrected chi connectivity index (χ0v) is 19.4. The van der Waals surface area contributed by atoms with E-state index in [1.54, 1.807) is 19.1 Å². The molecule has 0 saturated carbocycles. The molecule has 2 amide bonds. The third-order valence-corrected chi connectivity index (χ3v) is 6.37. The van der Waals surface area contributed by atoms with Crippen molar-refractivity contribution in [3.8, 4) is 5.75 Å². The van der Waals surface area contributed by atoms with Crippen molar-refractivity contribution < 1.29 is 14.3 Å². The fourth-order valence-electron chi connectivity index (χ4n) is 4.37. The summed E-state index contributed by atoms with van der Waals surface area (Å²) in [4.78, 5) is 29.1. The molecule has 0 unspecified atom stereocenters. The Morgan fingerprint density at radius 1 is 1.12 bits per heavy atom. The molecule has 0 spiro atoms. The van der Waals surface area contributed by atoms with Crippen molar-refractivity contribution in [1.29, 1.82) is 0 Å². The quantitative estimate of drug-likeness (QED) is 0.622. The molecule has 1 aliphatic heterocycles. The number of carbonyl (C=O) groups excluding carboxylic acids is 2. The number of piperidine rings is 1. The van der Waals surface area contributed by atoms with Gasteiger partial charge in [0.05, 0.1) is 13.5 Å². The van der Waals surface area contributed by atoms with E-state index in [4.69, 9.17) is 4.74 Å². The van der Waals surface area contributed by atoms with Crippen LogP contribution in [-0.4, -0.2) is 54.2 Å². The molecule has 1 saturated heterocycles. The summed E-state index contributed by atoms with van der Waals surface area (Å²) in [5.74, 6) is 1.09. The topological polar surface area (TPSA) is 78.5 Å². The first-order valence-corrected chi connectivity index (χ1v) is 11.3. The van der Waals surface area contributed by atoms with Crippen molar-refractivity contribution >= 4 is 17.5 Å². The lowest BCUT2D eigenvalue weighted by atomic mass is 9.93. The van der Waals surface area contributed by atoms with Gasteiger partial charge in [-0.1, -0.05) is 30.3 Å². The minimum Gasteiger partial charge on any atom is -0.496 e. The van der Waals surface area contributed by atoms with Gasteiger partial charge >= 0.3 is 0 Å². The Balaban J connectivity index is 1.33. The molecule has 172 valence electrons. The van der Waals surface area contributed by atoms with Gasteiger partial charge in [-0.2, -0.15) is 5.10 Å². The number of nitrogens with one attached hydrogen (secondary N) is 1. The van der Waals surface area contributed by atoms with Crippen LogP contribution in [-0.2, 0) is 11.2 Å². The van der Waals surface area contributed by atoms with E-state index in [1.165, 1.54) is 0 Å². The van der Waals surface area contributed by atoms with Crippen LogP contribution in [0.5, 0.6) is 5.75 Å². The minimum atomic E-state index is -0.147. The molecule has 0 radical (unpaired) electrons. The van der Waals surface area contributed by atoms with Gasteiger partial charge in [-0.3, -0.25) is 14.7 Å². The monoisotopic (exact) mass is 446 g/mol. The first-order valence-electron chi connectivity index (χ1n) is 11.3. The van der Waals surface area contributed by atoms with E-state index in [1.807, 2.05) is 66.4 Å². The van der Waals surface area contributed by atoms with E-state index in [0.717, 1.165) is 41.1 Å². The second-order valence-electron chi connectivity index (χ2n) is 8.54. The molecule has 1 aliphatic rings. The van der Waals surface area contributed by atoms with Crippen LogP contribution in [0.2, 0.25) is 0 Å². The van der Waals surface area contributed by atoms with Crippen LogP contribution in [0, 0.1) is 6.92 Å². The molecule has 1 fully saturated rings. The van der Waals surface area contributed by atoms with Gasteiger partial charge < -0.3 is 14.5 Å². The molecular weight excluding hydrogens is 416 g/mol. The SMILES string of the molecule is COc1ccc(CC(=O)N2CCC(c3cc(C(=O)N(C)c4ccccc4)n[nH]3)CC2)cc1C. The molecule has 1 N–H and O–H groups in total. The van der Waals surface area contributed by atoms with E-state index >= 15 is 0 Å². The van der Waals surface area contributed by atoms with E-state index in [9.17, 15) is 9.59 Å². The summed E-state index contributed by atoms with van der Waals surface area (Å²) < 4.78 is 5.30. The molecule has 33 heavy (non-hydrogen) atoms. The van der Waals surface area contributed by atoms with Gasteiger partial charge in [-0.15, -0.1) is 0 Å². The van der Waals surface area contributed by atoms with Crippen molar-refractivity contribution in [3.63, 3.8) is 0 Å². The van der Waals surface area contributed by atoms with Crippen molar-refractivity contribution in [2.45, 2.75) is 32.1 Å². The number of para-hydroxylation sites is 1. The summed E-state index contributed by atoms with van der Waals surface area (Å²) in [6, 6.07) is 17.2. The number of nitrogens with zero attached hydrogens (tertiary/aromatic N) is 3. The van der Waals surface area contributed by atoms with Gasteiger partial charge in [-0.25, -0.2) is 0 Å². The highest BCUT2D eigenvalue weighted by molar-refractivity contribution is 6.04. The predicted octanol–water partition coefficient (Wildman–Crippen LogP) is 3.95. The number of H-pyrrole nitrogens is 1. The highest BCUT2D eigenvalue weighted by Crippen LogP contribution is 2.28. The average Bonchev–Trinajstić information content (AvgIpc) is 3.34. The normalized spacial score (nSPS) is 14.2. The second-order valence-corrected chi connectivity index (χ2v) is 8.54. The predicted molar refractivity (Wildman–Crippen MR) is 128 cm³/mol. The maximum absolute atomic E-state index is 12.8. The Kier molecular flexibility index (Phi) is 6.77. The Morgan fingerprint density at radius 2 is 1.85 bits per heavy atom. The minimum absolute atomic E-state index is 0.142. The Bertz CT molecular complexity index is 1120. The van der Waals surface area contributed by atoms with Crippen LogP contribution >= 0.6 is 0 Å². The number of ether oxygens (including phenoxy) is 1. The number of carbonyl (C=O) groups is 2. The second kappa shape index (κ2) is 9.90. The number of amides is 2. The number of aryl methyl sites for hydroxylation is 1. The van der Waals surface area contributed by atoms with Crippen LogP contribution in [0.1, 0.15) is 46.1 Å². The fourth-order valence-corrected chi connectivity index (χ4v) is 4.37. The summed E-state index contributed by atoms with van der Waals surface area (Å²) in [6.07, 6.45) is 2.08. The third-order valence-electron chi connectivity index (χ3n) is 6.37. The first kappa shape index (κ1) is 22.6. The number of rotatable bonds is 6. The fraction of sp³-hybridized carbons (Fsp3) is 0.346. The van der Waals surface area contributed by atoms with Crippen molar-refractivity contribution in [2.24, 2.45) is 0 Å². The number of methoxy groups -OCH3 is 1. The Morgan fingerprint density at radius 3 is 2.52 bits per heavy atom. The molecule has 0 atom stereocenters. The van der Waals surface area contributed by atoms with Crippen molar-refractivity contribution in [1.82, 2.24) is 15.1 Å². The van der Waals surface area contributed by atoms with Gasteiger partial charge in [0, 0.05) is 37.4 Å². The van der Waals surface area contributed by atoms with E-state index in [-0.39, 0.29) is 17.7 Å². The van der Waals surface area contributed by atoms with Crippen LogP contribution < -0.4 is 9.64 Å². The van der Waals surface area contributed by atoms with Gasteiger partial charge in [0.2, 0.25) is 5.91 Å². The Labute approximate surface area is 194 Å². The molecule has 2 aromatic carbocycles. The van der Waals surface area contributed by atoms with E-state index < -0.39 is 0 Å². The molecule has 0 bridgehead atoms. The molecule has 7 heteroatoms. The summed E-state index contributed by atoms with van der Waals surface area (Å²) in [7, 11) is 3.40. The maximum atomic E-state index is 12.8. The number of likely N-dealkylation sites (tertiary alicyclic amines) is 1. The lowest BCUT2D eigenvalue weighted by Gasteiger charge is -2.31. The van der Waals surface area contributed by atoms with Gasteiger partial charge in [0.15, 0.2) is 5.69 Å². The molecule has 2 heterocycles. The molecule has 0 aliphatic carbocycles. The zero-order valence-electron chi connectivity index (χ0n) is 19.4. The van der Waals surface area contributed by atoms with Crippen molar-refractivity contribution in [2.75, 3.05) is 32.1 Å². The highest BCUT2D eigenvalue weighted by atomic mass is 16.5. The molecular formula is C26H30N4O3. The number of aromatic amines is 1. The van der Waals surface area contributed by atoms with Crippen LogP contribution in [0.3, 0.4) is 0 Å². The summed E-state index contributed by atoms with van der Waals surface area (Å²) in [5, 5.41) is 7.31. The lowest BCUT2D eigenvalue weighted by Crippen LogP contribution is -2.38. The van der Waals surface area contributed by atoms with Crippen LogP contribution in [0.15, 0.2) is 54.6 Å². The molecule has 3 aromatic rings. The number of aromatic nitrogens is 2. The first-order chi connectivity index (χ1) is 16.0. The number of hydrogen-bond donors (Lipinski definition) is 1. The van der Waals surface area contributed by atoms with E-state index in [2.05, 4.69) is 10.2 Å². The van der Waals surface area contributed by atoms with Gasteiger partial charge in [-0.05, 0) is 55.2 Å². The number of benzene rings is 2. The molecule has 4 rings (SSSR count). The molecule has 1 aromatic heterocycles. The van der Waals surface area contributed by atoms with Crippen LogP contribution in [0.4, 0.5) is 5.69 Å². The zero-order chi connectivity index (χ0) is 23.4. The smallest absolute Gasteiger partial charge is 0.278 e. The number of hydrogen-bond acceptors (Lipinski definition) is 4. The maximum Gasteiger partial charge on any atom is 0.278 e. The van der Waals surface area contributed by atoms with Crippen molar-refractivity contribution in [3.05, 3.63) is 77.1 Å². The highest BCUT2D eigenvalue weighted by Gasteiger charge is 2.26. The average molecular weight is 447 g/mol. The van der Waals surface area contributed by atoms with Crippen LogP contribution in [0.25, 0.3) is 0 Å². The third kappa shape index (κ3) is 5.08. The largest absolute Gasteiger partial charge is 0.496 e.